The minimum Gasteiger partial charge on any atom is -0.390 e. The van der Waals surface area contributed by atoms with Gasteiger partial charge < -0.3 is 15.5 Å². The normalized spacial score (nSPS) is 11.0. The lowest BCUT2D eigenvalue weighted by atomic mass is 10.1. The molecule has 4 aromatic rings. The van der Waals surface area contributed by atoms with Crippen molar-refractivity contribution in [3.63, 3.8) is 0 Å². The zero-order valence-corrected chi connectivity index (χ0v) is 15.4. The molecule has 0 bridgehead atoms. The van der Waals surface area contributed by atoms with Crippen LogP contribution in [0, 0.1) is 17.1 Å². The number of nitrogens with zero attached hydrogens (tertiary/aromatic N) is 3. The Hall–Kier alpha value is -3.16. The summed E-state index contributed by atoms with van der Waals surface area (Å²) in [7, 11) is 0. The molecular formula is C20H17N5OS. The summed E-state index contributed by atoms with van der Waals surface area (Å²) in [6, 6.07) is 17.5. The number of para-hydroxylation sites is 1. The van der Waals surface area contributed by atoms with Gasteiger partial charge in [-0.2, -0.15) is 0 Å². The number of benzene rings is 2. The lowest BCUT2D eigenvalue weighted by molar-refractivity contribution is 0.357. The molecule has 27 heavy (non-hydrogen) atoms. The van der Waals surface area contributed by atoms with Gasteiger partial charge in [-0.3, -0.25) is 4.57 Å². The number of rotatable bonds is 4. The van der Waals surface area contributed by atoms with Crippen LogP contribution in [0.25, 0.3) is 28.2 Å². The standard InChI is InChI=1S/C20H17N5OS/c1-12-7-9-13(10-8-12)18-22-16(15(21)11-26)17-19(24-18)25(20(27)23-17)14-5-3-2-4-6-14/h2-10,21,26H,11H2,1H3,(H,23,27). The van der Waals surface area contributed by atoms with E-state index in [0.29, 0.717) is 27.5 Å². The van der Waals surface area contributed by atoms with Crippen LogP contribution in [-0.4, -0.2) is 36.9 Å². The summed E-state index contributed by atoms with van der Waals surface area (Å²) in [5.74, 6) is 0.481. The van der Waals surface area contributed by atoms with Crippen LogP contribution >= 0.6 is 12.2 Å². The van der Waals surface area contributed by atoms with Crippen LogP contribution in [0.3, 0.4) is 0 Å². The fourth-order valence-electron chi connectivity index (χ4n) is 2.93. The number of nitrogens with one attached hydrogen (secondary N) is 2. The van der Waals surface area contributed by atoms with Gasteiger partial charge in [0.05, 0.1) is 12.3 Å². The first-order chi connectivity index (χ1) is 13.1. The van der Waals surface area contributed by atoms with Crippen molar-refractivity contribution in [3.05, 3.63) is 70.6 Å². The van der Waals surface area contributed by atoms with E-state index in [9.17, 15) is 5.11 Å². The topological polar surface area (TPSA) is 90.6 Å². The third kappa shape index (κ3) is 3.07. The van der Waals surface area contributed by atoms with Crippen molar-refractivity contribution >= 4 is 29.1 Å². The van der Waals surface area contributed by atoms with Crippen molar-refractivity contribution in [2.45, 2.75) is 6.92 Å². The summed E-state index contributed by atoms with van der Waals surface area (Å²) >= 11 is 5.50. The van der Waals surface area contributed by atoms with Gasteiger partial charge in [0.1, 0.15) is 11.2 Å². The highest BCUT2D eigenvalue weighted by Gasteiger charge is 2.18. The number of hydrogen-bond donors (Lipinski definition) is 3. The highest BCUT2D eigenvalue weighted by atomic mass is 32.1. The molecule has 0 radical (unpaired) electrons. The fraction of sp³-hybridized carbons (Fsp3) is 0.100. The summed E-state index contributed by atoms with van der Waals surface area (Å²) < 4.78 is 2.27. The molecule has 3 N–H and O–H groups in total. The third-order valence-electron chi connectivity index (χ3n) is 4.30. The van der Waals surface area contributed by atoms with E-state index >= 15 is 0 Å². The van der Waals surface area contributed by atoms with E-state index in [4.69, 9.17) is 22.6 Å². The average Bonchev–Trinajstić information content (AvgIpc) is 3.03. The number of aromatic amines is 1. The van der Waals surface area contributed by atoms with Crippen molar-refractivity contribution in [2.24, 2.45) is 0 Å². The third-order valence-corrected chi connectivity index (χ3v) is 4.59. The maximum Gasteiger partial charge on any atom is 0.184 e. The van der Waals surface area contributed by atoms with Crippen molar-refractivity contribution in [2.75, 3.05) is 6.61 Å². The number of aromatic nitrogens is 4. The Morgan fingerprint density at radius 2 is 1.81 bits per heavy atom. The largest absolute Gasteiger partial charge is 0.390 e. The van der Waals surface area contributed by atoms with Crippen molar-refractivity contribution < 1.29 is 5.11 Å². The fourth-order valence-corrected chi connectivity index (χ4v) is 3.22. The van der Waals surface area contributed by atoms with Crippen molar-refractivity contribution in [1.82, 2.24) is 19.5 Å². The lowest BCUT2D eigenvalue weighted by Gasteiger charge is -2.08. The van der Waals surface area contributed by atoms with Crippen molar-refractivity contribution in [1.29, 1.82) is 5.41 Å². The van der Waals surface area contributed by atoms with Crippen LogP contribution in [-0.2, 0) is 0 Å². The molecule has 134 valence electrons. The number of fused-ring (bicyclic) bond motifs is 1. The van der Waals surface area contributed by atoms with E-state index in [1.165, 1.54) is 0 Å². The van der Waals surface area contributed by atoms with Crippen molar-refractivity contribution in [3.8, 4) is 17.1 Å². The Morgan fingerprint density at radius 3 is 2.48 bits per heavy atom. The van der Waals surface area contributed by atoms with Gasteiger partial charge in [-0.05, 0) is 31.3 Å². The molecule has 7 heteroatoms. The molecule has 0 fully saturated rings. The number of aliphatic hydroxyl groups is 1. The Labute approximate surface area is 160 Å². The SMILES string of the molecule is Cc1ccc(-c2nc(C(=N)CO)c3[nH]c(=S)n(-c4ccccc4)c3n2)cc1. The first-order valence-corrected chi connectivity index (χ1v) is 8.83. The van der Waals surface area contributed by atoms with E-state index in [1.54, 1.807) is 0 Å². The zero-order valence-electron chi connectivity index (χ0n) is 14.6. The smallest absolute Gasteiger partial charge is 0.184 e. The second kappa shape index (κ2) is 6.86. The maximum atomic E-state index is 9.51. The molecule has 0 spiro atoms. The predicted octanol–water partition coefficient (Wildman–Crippen LogP) is 3.81. The molecule has 0 saturated heterocycles. The van der Waals surface area contributed by atoms with Gasteiger partial charge in [0, 0.05) is 11.3 Å². The van der Waals surface area contributed by atoms with Crippen LogP contribution < -0.4 is 0 Å². The van der Waals surface area contributed by atoms with Gasteiger partial charge in [0.25, 0.3) is 0 Å². The first kappa shape index (κ1) is 17.3. The highest BCUT2D eigenvalue weighted by molar-refractivity contribution is 7.71. The van der Waals surface area contributed by atoms with Gasteiger partial charge >= 0.3 is 0 Å². The first-order valence-electron chi connectivity index (χ1n) is 8.42. The zero-order chi connectivity index (χ0) is 19.0. The summed E-state index contributed by atoms with van der Waals surface area (Å²) in [6.45, 7) is 1.59. The molecule has 6 nitrogen and oxygen atoms in total. The van der Waals surface area contributed by atoms with Gasteiger partial charge in [-0.25, -0.2) is 9.97 Å². The van der Waals surface area contributed by atoms with E-state index < -0.39 is 6.61 Å². The number of aliphatic hydroxyl groups excluding tert-OH is 1. The number of aryl methyl sites for hydroxylation is 1. The minimum atomic E-state index is -0.420. The Bertz CT molecular complexity index is 1190. The molecule has 2 heterocycles. The van der Waals surface area contributed by atoms with E-state index in [-0.39, 0.29) is 5.71 Å². The molecule has 0 aliphatic carbocycles. The number of imidazole rings is 1. The summed E-state index contributed by atoms with van der Waals surface area (Å²) in [4.78, 5) is 12.4. The molecule has 4 rings (SSSR count). The van der Waals surface area contributed by atoms with Crippen LogP contribution in [0.2, 0.25) is 0 Å². The maximum absolute atomic E-state index is 9.51. The number of H-pyrrole nitrogens is 1. The van der Waals surface area contributed by atoms with Crippen LogP contribution in [0.5, 0.6) is 0 Å². The second-order valence-electron chi connectivity index (χ2n) is 6.20. The average molecular weight is 375 g/mol. The van der Waals surface area contributed by atoms with Gasteiger partial charge in [0.15, 0.2) is 16.2 Å². The summed E-state index contributed by atoms with van der Waals surface area (Å²) in [6.07, 6.45) is 0. The monoisotopic (exact) mass is 375 g/mol. The Morgan fingerprint density at radius 1 is 1.11 bits per heavy atom. The molecular weight excluding hydrogens is 358 g/mol. The molecule has 0 saturated carbocycles. The molecule has 0 amide bonds. The summed E-state index contributed by atoms with van der Waals surface area (Å²) in [5.41, 5.74) is 4.30. The molecule has 0 atom stereocenters. The molecule has 2 aromatic carbocycles. The predicted molar refractivity (Wildman–Crippen MR) is 108 cm³/mol. The van der Waals surface area contributed by atoms with E-state index in [1.807, 2.05) is 66.1 Å². The Kier molecular flexibility index (Phi) is 4.39. The van der Waals surface area contributed by atoms with Gasteiger partial charge in [0.2, 0.25) is 0 Å². The molecule has 2 aromatic heterocycles. The molecule has 0 aliphatic heterocycles. The number of hydrogen-bond acceptors (Lipinski definition) is 5. The molecule has 0 aliphatic rings. The van der Waals surface area contributed by atoms with Gasteiger partial charge in [-0.15, -0.1) is 0 Å². The van der Waals surface area contributed by atoms with E-state index in [2.05, 4.69) is 9.97 Å². The lowest BCUT2D eigenvalue weighted by Crippen LogP contribution is -2.10. The van der Waals surface area contributed by atoms with Crippen LogP contribution in [0.15, 0.2) is 54.6 Å². The van der Waals surface area contributed by atoms with E-state index in [0.717, 1.165) is 16.8 Å². The highest BCUT2D eigenvalue weighted by Crippen LogP contribution is 2.24. The quantitative estimate of drug-likeness (QED) is 0.374. The van der Waals surface area contributed by atoms with Gasteiger partial charge in [-0.1, -0.05) is 48.0 Å². The minimum absolute atomic E-state index is 0.00669. The van der Waals surface area contributed by atoms with Crippen LogP contribution in [0.1, 0.15) is 11.3 Å². The van der Waals surface area contributed by atoms with Crippen LogP contribution in [0.4, 0.5) is 0 Å². The molecule has 0 unspecified atom stereocenters. The summed E-state index contributed by atoms with van der Waals surface area (Å²) in [5, 5.41) is 17.6. The second-order valence-corrected chi connectivity index (χ2v) is 6.58. The Balaban J connectivity index is 2.05.